The summed E-state index contributed by atoms with van der Waals surface area (Å²) in [6.07, 6.45) is 9.18. The van der Waals surface area contributed by atoms with Crippen molar-refractivity contribution in [3.63, 3.8) is 0 Å². The lowest BCUT2D eigenvalue weighted by Gasteiger charge is -2.14. The first kappa shape index (κ1) is 15.0. The second-order valence-electron chi connectivity index (χ2n) is 4.88. The molecular weight excluding hydrogens is 218 g/mol. The first-order valence-corrected chi connectivity index (χ1v) is 7.21. The van der Waals surface area contributed by atoms with Gasteiger partial charge in [-0.2, -0.15) is 0 Å². The monoisotopic (exact) mass is 245 g/mol. The predicted molar refractivity (Wildman–Crippen MR) is 80.9 cm³/mol. The maximum absolute atomic E-state index is 3.55. The molecule has 0 amide bonds. The van der Waals surface area contributed by atoms with Gasteiger partial charge in [-0.15, -0.1) is 0 Å². The van der Waals surface area contributed by atoms with Gasteiger partial charge in [0.25, 0.3) is 0 Å². The van der Waals surface area contributed by atoms with Gasteiger partial charge >= 0.3 is 0 Å². The quantitative estimate of drug-likeness (QED) is 0.519. The molecular formula is C17H27N. The highest BCUT2D eigenvalue weighted by Crippen LogP contribution is 2.14. The third-order valence-electron chi connectivity index (χ3n) is 3.30. The van der Waals surface area contributed by atoms with Crippen molar-refractivity contribution in [1.82, 2.24) is 5.32 Å². The minimum atomic E-state index is 0.440. The molecule has 0 aliphatic heterocycles. The maximum atomic E-state index is 3.55. The van der Waals surface area contributed by atoms with E-state index < -0.39 is 0 Å². The van der Waals surface area contributed by atoms with Gasteiger partial charge in [-0.25, -0.2) is 0 Å². The minimum Gasteiger partial charge on any atom is -0.310 e. The molecule has 0 heterocycles. The van der Waals surface area contributed by atoms with Gasteiger partial charge in [-0.3, -0.25) is 0 Å². The second-order valence-corrected chi connectivity index (χ2v) is 4.88. The van der Waals surface area contributed by atoms with E-state index in [1.54, 1.807) is 0 Å². The van der Waals surface area contributed by atoms with Crippen molar-refractivity contribution in [3.05, 3.63) is 47.5 Å². The van der Waals surface area contributed by atoms with E-state index in [4.69, 9.17) is 0 Å². The summed E-state index contributed by atoms with van der Waals surface area (Å²) in [5, 5.41) is 3.55. The number of hydrogen-bond donors (Lipinski definition) is 1. The zero-order valence-corrected chi connectivity index (χ0v) is 12.1. The number of unbranched alkanes of at least 4 members (excludes halogenated alkanes) is 1. The Kier molecular flexibility index (Phi) is 7.43. The topological polar surface area (TPSA) is 12.0 Å². The van der Waals surface area contributed by atoms with Crippen LogP contribution in [0.25, 0.3) is 0 Å². The van der Waals surface area contributed by atoms with E-state index in [0.717, 1.165) is 13.0 Å². The Morgan fingerprint density at radius 1 is 1.22 bits per heavy atom. The molecule has 1 rings (SSSR count). The van der Waals surface area contributed by atoms with Crippen molar-refractivity contribution in [1.29, 1.82) is 0 Å². The third kappa shape index (κ3) is 5.50. The molecule has 1 atom stereocenters. The van der Waals surface area contributed by atoms with Crippen molar-refractivity contribution >= 4 is 0 Å². The average molecular weight is 245 g/mol. The molecule has 0 aromatic heterocycles. The number of benzene rings is 1. The van der Waals surface area contributed by atoms with E-state index in [9.17, 15) is 0 Å². The number of rotatable bonds is 8. The molecule has 100 valence electrons. The lowest BCUT2D eigenvalue weighted by molar-refractivity contribution is 0.581. The standard InChI is InChI=1S/C17H27N/c1-4-6-8-14-18-15(3)17-12-10-16(11-13-17)9-7-5-2/h4,6,10-13,15,18H,5,7-9,14H2,1-3H3/b6-4+. The van der Waals surface area contributed by atoms with Crippen LogP contribution in [0, 0.1) is 0 Å². The summed E-state index contributed by atoms with van der Waals surface area (Å²) in [6, 6.07) is 9.51. The molecule has 0 radical (unpaired) electrons. The van der Waals surface area contributed by atoms with Crippen LogP contribution in [0.1, 0.15) is 57.2 Å². The summed E-state index contributed by atoms with van der Waals surface area (Å²) < 4.78 is 0. The first-order chi connectivity index (χ1) is 8.77. The summed E-state index contributed by atoms with van der Waals surface area (Å²) in [5.41, 5.74) is 2.84. The summed E-state index contributed by atoms with van der Waals surface area (Å²) >= 11 is 0. The third-order valence-corrected chi connectivity index (χ3v) is 3.30. The van der Waals surface area contributed by atoms with E-state index in [1.807, 2.05) is 0 Å². The van der Waals surface area contributed by atoms with Crippen molar-refractivity contribution in [2.45, 2.75) is 52.5 Å². The second kappa shape index (κ2) is 8.93. The zero-order valence-electron chi connectivity index (χ0n) is 12.1. The van der Waals surface area contributed by atoms with E-state index in [2.05, 4.69) is 62.5 Å². The van der Waals surface area contributed by atoms with Gasteiger partial charge in [-0.05, 0) is 50.8 Å². The average Bonchev–Trinajstić information content (AvgIpc) is 2.41. The van der Waals surface area contributed by atoms with Crippen molar-refractivity contribution < 1.29 is 0 Å². The Morgan fingerprint density at radius 2 is 1.94 bits per heavy atom. The molecule has 1 nitrogen and oxygen atoms in total. The fraction of sp³-hybridized carbons (Fsp3) is 0.529. The van der Waals surface area contributed by atoms with Crippen molar-refractivity contribution in [3.8, 4) is 0 Å². The number of hydrogen-bond acceptors (Lipinski definition) is 1. The Morgan fingerprint density at radius 3 is 2.56 bits per heavy atom. The number of allylic oxidation sites excluding steroid dienone is 1. The van der Waals surface area contributed by atoms with Crippen LogP contribution >= 0.6 is 0 Å². The van der Waals surface area contributed by atoms with Crippen LogP contribution in [0.4, 0.5) is 0 Å². The smallest absolute Gasteiger partial charge is 0.0291 e. The summed E-state index contributed by atoms with van der Waals surface area (Å²) in [7, 11) is 0. The van der Waals surface area contributed by atoms with Gasteiger partial charge < -0.3 is 5.32 Å². The number of aryl methyl sites for hydroxylation is 1. The minimum absolute atomic E-state index is 0.440. The molecule has 1 heteroatoms. The fourth-order valence-electron chi connectivity index (χ4n) is 2.02. The normalized spacial score (nSPS) is 13.1. The zero-order chi connectivity index (χ0) is 13.2. The molecule has 0 saturated carbocycles. The molecule has 0 spiro atoms. The van der Waals surface area contributed by atoms with Crippen molar-refractivity contribution in [2.24, 2.45) is 0 Å². The Labute approximate surface area is 112 Å². The predicted octanol–water partition coefficient (Wildman–Crippen LogP) is 4.65. The van der Waals surface area contributed by atoms with Crippen molar-refractivity contribution in [2.75, 3.05) is 6.54 Å². The molecule has 1 unspecified atom stereocenters. The summed E-state index contributed by atoms with van der Waals surface area (Å²) in [5.74, 6) is 0. The Balaban J connectivity index is 2.40. The largest absolute Gasteiger partial charge is 0.310 e. The molecule has 0 aliphatic rings. The fourth-order valence-corrected chi connectivity index (χ4v) is 2.02. The van der Waals surface area contributed by atoms with Crippen LogP contribution in [0.3, 0.4) is 0 Å². The SMILES string of the molecule is C/C=C/CCNC(C)c1ccc(CCCC)cc1. The molecule has 1 aromatic carbocycles. The van der Waals surface area contributed by atoms with Crippen LogP contribution in [0.5, 0.6) is 0 Å². The van der Waals surface area contributed by atoms with Gasteiger partial charge in [0.1, 0.15) is 0 Å². The molecule has 1 aromatic rings. The Bertz CT molecular complexity index is 337. The Hall–Kier alpha value is -1.08. The van der Waals surface area contributed by atoms with Gasteiger partial charge in [0.2, 0.25) is 0 Å². The van der Waals surface area contributed by atoms with Crippen LogP contribution in [-0.2, 0) is 6.42 Å². The molecule has 0 bridgehead atoms. The van der Waals surface area contributed by atoms with Gasteiger partial charge in [0.15, 0.2) is 0 Å². The van der Waals surface area contributed by atoms with Gasteiger partial charge in [0.05, 0.1) is 0 Å². The summed E-state index contributed by atoms with van der Waals surface area (Å²) in [4.78, 5) is 0. The van der Waals surface area contributed by atoms with Crippen LogP contribution < -0.4 is 5.32 Å². The highest BCUT2D eigenvalue weighted by molar-refractivity contribution is 5.24. The van der Waals surface area contributed by atoms with E-state index >= 15 is 0 Å². The van der Waals surface area contributed by atoms with E-state index in [0.29, 0.717) is 6.04 Å². The number of nitrogens with one attached hydrogen (secondary N) is 1. The highest BCUT2D eigenvalue weighted by atomic mass is 14.9. The van der Waals surface area contributed by atoms with E-state index in [-0.39, 0.29) is 0 Å². The summed E-state index contributed by atoms with van der Waals surface area (Å²) in [6.45, 7) is 7.59. The molecule has 0 aliphatic carbocycles. The molecule has 0 saturated heterocycles. The molecule has 1 N–H and O–H groups in total. The first-order valence-electron chi connectivity index (χ1n) is 7.21. The van der Waals surface area contributed by atoms with E-state index in [1.165, 1.54) is 30.4 Å². The van der Waals surface area contributed by atoms with Crippen LogP contribution in [0.15, 0.2) is 36.4 Å². The van der Waals surface area contributed by atoms with Crippen LogP contribution in [0.2, 0.25) is 0 Å². The molecule has 18 heavy (non-hydrogen) atoms. The van der Waals surface area contributed by atoms with Crippen LogP contribution in [-0.4, -0.2) is 6.54 Å². The lowest BCUT2D eigenvalue weighted by atomic mass is 10.0. The van der Waals surface area contributed by atoms with Gasteiger partial charge in [0, 0.05) is 6.04 Å². The molecule has 0 fully saturated rings. The lowest BCUT2D eigenvalue weighted by Crippen LogP contribution is -2.19. The highest BCUT2D eigenvalue weighted by Gasteiger charge is 2.03. The van der Waals surface area contributed by atoms with Gasteiger partial charge in [-0.1, -0.05) is 49.8 Å². The maximum Gasteiger partial charge on any atom is 0.0291 e.